The fourth-order valence-electron chi connectivity index (χ4n) is 3.91. The lowest BCUT2D eigenvalue weighted by Crippen LogP contribution is -2.32. The number of allylic oxidation sites excluding steroid dienone is 1. The molecule has 0 radical (unpaired) electrons. The Morgan fingerprint density at radius 2 is 1.84 bits per heavy atom. The second kappa shape index (κ2) is 7.92. The van der Waals surface area contributed by atoms with Gasteiger partial charge in [0.15, 0.2) is 0 Å². The molecule has 31 heavy (non-hydrogen) atoms. The Kier molecular flexibility index (Phi) is 5.57. The molecule has 0 unspecified atom stereocenters. The highest BCUT2D eigenvalue weighted by molar-refractivity contribution is 7.91. The van der Waals surface area contributed by atoms with E-state index in [1.54, 1.807) is 22.2 Å². The number of aromatic nitrogens is 2. The minimum absolute atomic E-state index is 0.0424. The maximum Gasteiger partial charge on any atom is 0.416 e. The quantitative estimate of drug-likeness (QED) is 0.540. The molecule has 0 saturated carbocycles. The number of sulfonamides is 1. The van der Waals surface area contributed by atoms with Crippen LogP contribution < -0.4 is 4.72 Å². The van der Waals surface area contributed by atoms with Crippen LogP contribution in [0, 0.1) is 13.8 Å². The summed E-state index contributed by atoms with van der Waals surface area (Å²) in [5.74, 6) is -0.0424. The standard InChI is InChI=1S/C21H20F3N3O2S2/c1-13-20(14(2)27(25-13)18-9-6-16(7-10-18)21(22,23)24)15-5-8-17(12-15)26-31(28,29)19-4-3-11-30-19/h3-11,15,17,26H,12H2,1-2H3/t15-,17+/m0/s1. The van der Waals surface area contributed by atoms with Crippen LogP contribution in [0.15, 0.2) is 58.1 Å². The van der Waals surface area contributed by atoms with Gasteiger partial charge in [-0.05, 0) is 56.0 Å². The largest absolute Gasteiger partial charge is 0.416 e. The number of rotatable bonds is 5. The molecule has 2 heterocycles. The maximum atomic E-state index is 12.8. The van der Waals surface area contributed by atoms with Crippen molar-refractivity contribution in [2.75, 3.05) is 0 Å². The summed E-state index contributed by atoms with van der Waals surface area (Å²) >= 11 is 1.16. The van der Waals surface area contributed by atoms with Crippen molar-refractivity contribution in [3.05, 3.63) is 76.4 Å². The zero-order chi connectivity index (χ0) is 22.4. The fourth-order valence-corrected chi connectivity index (χ4v) is 6.12. The number of halogens is 3. The van der Waals surface area contributed by atoms with Gasteiger partial charge in [0.05, 0.1) is 16.9 Å². The zero-order valence-electron chi connectivity index (χ0n) is 16.7. The minimum atomic E-state index is -4.39. The molecular weight excluding hydrogens is 447 g/mol. The molecule has 2 aromatic heterocycles. The van der Waals surface area contributed by atoms with Gasteiger partial charge >= 0.3 is 6.18 Å². The lowest BCUT2D eigenvalue weighted by Gasteiger charge is -2.14. The van der Waals surface area contributed by atoms with Crippen LogP contribution in [0.25, 0.3) is 5.69 Å². The zero-order valence-corrected chi connectivity index (χ0v) is 18.4. The summed E-state index contributed by atoms with van der Waals surface area (Å²) in [4.78, 5) is 0. The normalized spacial score (nSPS) is 19.3. The third-order valence-electron chi connectivity index (χ3n) is 5.31. The highest BCUT2D eigenvalue weighted by Gasteiger charge is 2.31. The number of hydrogen-bond donors (Lipinski definition) is 1. The molecule has 3 aromatic rings. The lowest BCUT2D eigenvalue weighted by atomic mass is 9.96. The van der Waals surface area contributed by atoms with Crippen molar-refractivity contribution in [1.29, 1.82) is 0 Å². The molecule has 1 aliphatic carbocycles. The monoisotopic (exact) mass is 467 g/mol. The van der Waals surface area contributed by atoms with Crippen LogP contribution in [0.3, 0.4) is 0 Å². The Morgan fingerprint density at radius 1 is 1.13 bits per heavy atom. The Hall–Kier alpha value is -2.43. The average Bonchev–Trinajstić information content (AvgIpc) is 3.42. The van der Waals surface area contributed by atoms with Crippen LogP contribution >= 0.6 is 11.3 Å². The molecule has 5 nitrogen and oxygen atoms in total. The van der Waals surface area contributed by atoms with Crippen LogP contribution in [0.2, 0.25) is 0 Å². The van der Waals surface area contributed by atoms with Crippen molar-refractivity contribution >= 4 is 21.4 Å². The first-order valence-corrected chi connectivity index (χ1v) is 11.9. The second-order valence-corrected chi connectivity index (χ2v) is 10.3. The molecule has 0 saturated heterocycles. The Bertz CT molecular complexity index is 1210. The van der Waals surface area contributed by atoms with E-state index in [-0.39, 0.29) is 16.2 Å². The molecule has 164 valence electrons. The molecule has 4 rings (SSSR count). The number of aryl methyl sites for hydroxylation is 1. The molecule has 1 aromatic carbocycles. The van der Waals surface area contributed by atoms with E-state index in [0.717, 1.165) is 40.4 Å². The van der Waals surface area contributed by atoms with E-state index in [0.29, 0.717) is 12.1 Å². The number of alkyl halides is 3. The van der Waals surface area contributed by atoms with Crippen LogP contribution in [0.5, 0.6) is 0 Å². The Labute approximate surface area is 182 Å². The first kappa shape index (κ1) is 21.8. The summed E-state index contributed by atoms with van der Waals surface area (Å²) in [6, 6.07) is 7.78. The highest BCUT2D eigenvalue weighted by atomic mass is 32.2. The maximum absolute atomic E-state index is 12.8. The van der Waals surface area contributed by atoms with Gasteiger partial charge in [0, 0.05) is 23.2 Å². The lowest BCUT2D eigenvalue weighted by molar-refractivity contribution is -0.137. The van der Waals surface area contributed by atoms with Crippen LogP contribution in [0.1, 0.15) is 34.9 Å². The average molecular weight is 468 g/mol. The summed E-state index contributed by atoms with van der Waals surface area (Å²) < 4.78 is 68.1. The van der Waals surface area contributed by atoms with Gasteiger partial charge in [-0.3, -0.25) is 0 Å². The highest BCUT2D eigenvalue weighted by Crippen LogP contribution is 2.35. The van der Waals surface area contributed by atoms with E-state index >= 15 is 0 Å². The van der Waals surface area contributed by atoms with E-state index < -0.39 is 21.8 Å². The number of thiophene rings is 1. The molecule has 1 N–H and O–H groups in total. The number of hydrogen-bond acceptors (Lipinski definition) is 4. The van der Waals surface area contributed by atoms with Gasteiger partial charge in [-0.1, -0.05) is 18.2 Å². The smallest absolute Gasteiger partial charge is 0.238 e. The molecule has 0 aliphatic heterocycles. The topological polar surface area (TPSA) is 64.0 Å². The van der Waals surface area contributed by atoms with Crippen molar-refractivity contribution in [2.24, 2.45) is 0 Å². The molecule has 0 fully saturated rings. The Morgan fingerprint density at radius 3 is 2.45 bits per heavy atom. The predicted octanol–water partition coefficient (Wildman–Crippen LogP) is 4.96. The Balaban J connectivity index is 1.54. The third-order valence-corrected chi connectivity index (χ3v) is 8.19. The second-order valence-electron chi connectivity index (χ2n) is 7.43. The summed E-state index contributed by atoms with van der Waals surface area (Å²) in [5, 5.41) is 6.23. The van der Waals surface area contributed by atoms with Gasteiger partial charge in [0.1, 0.15) is 4.21 Å². The van der Waals surface area contributed by atoms with Crippen LogP contribution in [-0.2, 0) is 16.2 Å². The van der Waals surface area contributed by atoms with E-state index in [4.69, 9.17) is 0 Å². The van der Waals surface area contributed by atoms with Crippen molar-refractivity contribution in [3.8, 4) is 5.69 Å². The van der Waals surface area contributed by atoms with Crippen molar-refractivity contribution < 1.29 is 21.6 Å². The van der Waals surface area contributed by atoms with E-state index in [1.165, 1.54) is 12.1 Å². The van der Waals surface area contributed by atoms with E-state index in [2.05, 4.69) is 9.82 Å². The first-order valence-electron chi connectivity index (χ1n) is 9.54. The molecule has 2 atom stereocenters. The van der Waals surface area contributed by atoms with Gasteiger partial charge in [-0.2, -0.15) is 18.3 Å². The van der Waals surface area contributed by atoms with E-state index in [1.807, 2.05) is 26.0 Å². The fraction of sp³-hybridized carbons (Fsp3) is 0.286. The molecule has 0 amide bonds. The van der Waals surface area contributed by atoms with Gasteiger partial charge in [-0.15, -0.1) is 11.3 Å². The third kappa shape index (κ3) is 4.32. The first-order chi connectivity index (χ1) is 14.6. The van der Waals surface area contributed by atoms with Crippen molar-refractivity contribution in [1.82, 2.24) is 14.5 Å². The number of nitrogens with one attached hydrogen (secondary N) is 1. The SMILES string of the molecule is Cc1nn(-c2ccc(C(F)(F)F)cc2)c(C)c1[C@H]1C=C[C@@H](NS(=O)(=O)c2cccs2)C1. The summed E-state index contributed by atoms with van der Waals surface area (Å²) in [7, 11) is -3.58. The van der Waals surface area contributed by atoms with Gasteiger partial charge in [-0.25, -0.2) is 17.8 Å². The van der Waals surface area contributed by atoms with Crippen LogP contribution in [-0.4, -0.2) is 24.2 Å². The minimum Gasteiger partial charge on any atom is -0.238 e. The molecular formula is C21H20F3N3O2S2. The number of nitrogens with zero attached hydrogens (tertiary/aromatic N) is 2. The summed E-state index contributed by atoms with van der Waals surface area (Å²) in [6.45, 7) is 3.71. The summed E-state index contributed by atoms with van der Waals surface area (Å²) in [6.07, 6.45) is -0.0518. The van der Waals surface area contributed by atoms with Gasteiger partial charge in [0.2, 0.25) is 0 Å². The predicted molar refractivity (Wildman–Crippen MR) is 113 cm³/mol. The van der Waals surface area contributed by atoms with Crippen molar-refractivity contribution in [3.63, 3.8) is 0 Å². The van der Waals surface area contributed by atoms with Gasteiger partial charge in [0.25, 0.3) is 10.0 Å². The van der Waals surface area contributed by atoms with Crippen molar-refractivity contribution in [2.45, 2.75) is 42.6 Å². The van der Waals surface area contributed by atoms with Crippen LogP contribution in [0.4, 0.5) is 13.2 Å². The molecule has 0 bridgehead atoms. The molecule has 10 heteroatoms. The molecule has 0 spiro atoms. The van der Waals surface area contributed by atoms with E-state index in [9.17, 15) is 21.6 Å². The summed E-state index contributed by atoms with van der Waals surface area (Å²) in [5.41, 5.74) is 2.35. The number of benzene rings is 1. The van der Waals surface area contributed by atoms with Gasteiger partial charge < -0.3 is 0 Å². The molecule has 1 aliphatic rings.